The van der Waals surface area contributed by atoms with E-state index in [0.29, 0.717) is 5.39 Å². The molecule has 26 heavy (non-hydrogen) atoms. The number of amides is 1. The lowest BCUT2D eigenvalue weighted by Crippen LogP contribution is -2.30. The van der Waals surface area contributed by atoms with Crippen LogP contribution in [-0.2, 0) is 9.53 Å². The number of hydrogen-bond donors (Lipinski definition) is 1. The molecule has 2 aromatic carbocycles. The molecule has 0 fully saturated rings. The second-order valence-corrected chi connectivity index (χ2v) is 6.97. The molecule has 0 radical (unpaired) electrons. The van der Waals surface area contributed by atoms with E-state index in [1.165, 1.54) is 37.3 Å². The van der Waals surface area contributed by atoms with Crippen molar-refractivity contribution in [2.45, 2.75) is 13.0 Å². The Morgan fingerprint density at radius 1 is 1.15 bits per heavy atom. The van der Waals surface area contributed by atoms with Crippen LogP contribution in [0.4, 0.5) is 14.5 Å². The lowest BCUT2D eigenvalue weighted by Gasteiger charge is -2.13. The molecular formula is C18H12ClF2NO3S. The van der Waals surface area contributed by atoms with Crippen molar-refractivity contribution in [3.05, 3.63) is 64.0 Å². The molecule has 0 saturated heterocycles. The Bertz CT molecular complexity index is 1010. The third-order valence-electron chi connectivity index (χ3n) is 3.52. The summed E-state index contributed by atoms with van der Waals surface area (Å²) in [6, 6.07) is 9.45. The fraction of sp³-hybridized carbons (Fsp3) is 0.111. The number of hydrogen-bond acceptors (Lipinski definition) is 4. The molecular weight excluding hydrogens is 384 g/mol. The molecule has 0 unspecified atom stereocenters. The molecule has 1 atom stereocenters. The molecule has 1 aromatic heterocycles. The van der Waals surface area contributed by atoms with E-state index in [1.807, 2.05) is 0 Å². The summed E-state index contributed by atoms with van der Waals surface area (Å²) in [4.78, 5) is 24.5. The number of halogens is 3. The minimum Gasteiger partial charge on any atom is -0.448 e. The van der Waals surface area contributed by atoms with Crippen LogP contribution in [0.25, 0.3) is 10.1 Å². The summed E-state index contributed by atoms with van der Waals surface area (Å²) in [5.41, 5.74) is -0.0698. The highest BCUT2D eigenvalue weighted by atomic mass is 35.5. The fourth-order valence-corrected chi connectivity index (χ4v) is 3.30. The van der Waals surface area contributed by atoms with Crippen LogP contribution < -0.4 is 5.32 Å². The maximum absolute atomic E-state index is 13.7. The largest absolute Gasteiger partial charge is 0.448 e. The van der Waals surface area contributed by atoms with Gasteiger partial charge in [0, 0.05) is 9.72 Å². The van der Waals surface area contributed by atoms with E-state index in [9.17, 15) is 18.4 Å². The molecule has 0 saturated carbocycles. The predicted octanol–water partition coefficient (Wildman–Crippen LogP) is 5.02. The molecule has 0 aliphatic carbocycles. The van der Waals surface area contributed by atoms with Crippen molar-refractivity contribution in [2.75, 3.05) is 5.32 Å². The highest BCUT2D eigenvalue weighted by Crippen LogP contribution is 2.27. The Morgan fingerprint density at radius 2 is 1.92 bits per heavy atom. The highest BCUT2D eigenvalue weighted by Gasteiger charge is 2.21. The van der Waals surface area contributed by atoms with Crippen LogP contribution >= 0.6 is 22.9 Å². The number of fused-ring (bicyclic) bond motifs is 1. The van der Waals surface area contributed by atoms with Gasteiger partial charge in [-0.2, -0.15) is 0 Å². The Kier molecular flexibility index (Phi) is 5.20. The maximum atomic E-state index is 13.7. The number of ether oxygens (including phenoxy) is 1. The number of carbonyl (C=O) groups is 2. The van der Waals surface area contributed by atoms with E-state index < -0.39 is 29.6 Å². The van der Waals surface area contributed by atoms with Gasteiger partial charge in [-0.15, -0.1) is 11.3 Å². The SMILES string of the molecule is C[C@H](OC(=O)c1cc2cc(F)ccc2s1)C(=O)Nc1ccc(Cl)cc1F. The third kappa shape index (κ3) is 4.00. The molecule has 0 bridgehead atoms. The monoisotopic (exact) mass is 395 g/mol. The number of esters is 1. The molecule has 0 spiro atoms. The first kappa shape index (κ1) is 18.3. The van der Waals surface area contributed by atoms with E-state index in [1.54, 1.807) is 6.07 Å². The summed E-state index contributed by atoms with van der Waals surface area (Å²) in [6.45, 7) is 1.37. The molecule has 1 heterocycles. The smallest absolute Gasteiger partial charge is 0.349 e. The predicted molar refractivity (Wildman–Crippen MR) is 96.7 cm³/mol. The van der Waals surface area contributed by atoms with Gasteiger partial charge in [0.1, 0.15) is 16.5 Å². The summed E-state index contributed by atoms with van der Waals surface area (Å²) < 4.78 is 32.8. The Labute approximate surface area is 156 Å². The van der Waals surface area contributed by atoms with Gasteiger partial charge in [0.2, 0.25) is 0 Å². The van der Waals surface area contributed by atoms with Crippen LogP contribution in [0.1, 0.15) is 16.6 Å². The minimum absolute atomic E-state index is 0.0698. The Balaban J connectivity index is 1.68. The van der Waals surface area contributed by atoms with Crippen molar-refractivity contribution in [1.82, 2.24) is 0 Å². The number of thiophene rings is 1. The van der Waals surface area contributed by atoms with Crippen molar-refractivity contribution < 1.29 is 23.1 Å². The number of carbonyl (C=O) groups excluding carboxylic acids is 2. The summed E-state index contributed by atoms with van der Waals surface area (Å²) in [5.74, 6) is -2.51. The lowest BCUT2D eigenvalue weighted by molar-refractivity contribution is -0.123. The minimum atomic E-state index is -1.15. The molecule has 4 nitrogen and oxygen atoms in total. The van der Waals surface area contributed by atoms with E-state index >= 15 is 0 Å². The average Bonchev–Trinajstić information content (AvgIpc) is 3.00. The highest BCUT2D eigenvalue weighted by molar-refractivity contribution is 7.20. The van der Waals surface area contributed by atoms with Crippen LogP contribution in [0.15, 0.2) is 42.5 Å². The topological polar surface area (TPSA) is 55.4 Å². The van der Waals surface area contributed by atoms with E-state index in [4.69, 9.17) is 16.3 Å². The summed E-state index contributed by atoms with van der Waals surface area (Å²) >= 11 is 6.78. The number of anilines is 1. The summed E-state index contributed by atoms with van der Waals surface area (Å²) in [6.07, 6.45) is -1.15. The molecule has 1 N–H and O–H groups in total. The fourth-order valence-electron chi connectivity index (χ4n) is 2.21. The van der Waals surface area contributed by atoms with Gasteiger partial charge in [0.25, 0.3) is 5.91 Å². The zero-order valence-corrected chi connectivity index (χ0v) is 15.0. The Hall–Kier alpha value is -2.51. The molecule has 8 heteroatoms. The number of benzene rings is 2. The first-order valence-electron chi connectivity index (χ1n) is 7.49. The second-order valence-electron chi connectivity index (χ2n) is 5.45. The molecule has 3 aromatic rings. The van der Waals surface area contributed by atoms with Gasteiger partial charge in [-0.05, 0) is 54.8 Å². The van der Waals surface area contributed by atoms with Gasteiger partial charge in [-0.3, -0.25) is 4.79 Å². The lowest BCUT2D eigenvalue weighted by atomic mass is 10.2. The van der Waals surface area contributed by atoms with Gasteiger partial charge < -0.3 is 10.1 Å². The molecule has 0 aliphatic rings. The maximum Gasteiger partial charge on any atom is 0.349 e. The van der Waals surface area contributed by atoms with Crippen LogP contribution in [0.2, 0.25) is 5.02 Å². The van der Waals surface area contributed by atoms with Crippen LogP contribution in [-0.4, -0.2) is 18.0 Å². The van der Waals surface area contributed by atoms with E-state index in [-0.39, 0.29) is 15.6 Å². The van der Waals surface area contributed by atoms with E-state index in [0.717, 1.165) is 22.1 Å². The molecule has 3 rings (SSSR count). The van der Waals surface area contributed by atoms with Gasteiger partial charge >= 0.3 is 5.97 Å². The van der Waals surface area contributed by atoms with Crippen LogP contribution in [0.5, 0.6) is 0 Å². The summed E-state index contributed by atoms with van der Waals surface area (Å²) in [5, 5.41) is 3.10. The van der Waals surface area contributed by atoms with Gasteiger partial charge in [0.15, 0.2) is 6.10 Å². The zero-order chi connectivity index (χ0) is 18.8. The molecule has 1 amide bonds. The van der Waals surface area contributed by atoms with Crippen molar-refractivity contribution in [2.24, 2.45) is 0 Å². The molecule has 134 valence electrons. The quantitative estimate of drug-likeness (QED) is 0.631. The Morgan fingerprint density at radius 3 is 2.65 bits per heavy atom. The zero-order valence-electron chi connectivity index (χ0n) is 13.4. The van der Waals surface area contributed by atoms with Crippen LogP contribution in [0, 0.1) is 11.6 Å². The average molecular weight is 396 g/mol. The number of nitrogens with one attached hydrogen (secondary N) is 1. The first-order valence-corrected chi connectivity index (χ1v) is 8.69. The van der Waals surface area contributed by atoms with Crippen molar-refractivity contribution in [3.8, 4) is 0 Å². The molecule has 0 aliphatic heterocycles. The van der Waals surface area contributed by atoms with Crippen molar-refractivity contribution >= 4 is 50.6 Å². The first-order chi connectivity index (χ1) is 12.3. The van der Waals surface area contributed by atoms with Crippen LogP contribution in [0.3, 0.4) is 0 Å². The third-order valence-corrected chi connectivity index (χ3v) is 4.85. The van der Waals surface area contributed by atoms with Gasteiger partial charge in [-0.1, -0.05) is 11.6 Å². The van der Waals surface area contributed by atoms with Crippen molar-refractivity contribution in [1.29, 1.82) is 0 Å². The van der Waals surface area contributed by atoms with E-state index in [2.05, 4.69) is 5.32 Å². The number of rotatable bonds is 4. The van der Waals surface area contributed by atoms with Gasteiger partial charge in [-0.25, -0.2) is 13.6 Å². The standard InChI is InChI=1S/C18H12ClF2NO3S/c1-9(17(23)22-14-4-2-11(19)8-13(14)21)25-18(24)16-7-10-6-12(20)3-5-15(10)26-16/h2-9H,1H3,(H,22,23)/t9-/m0/s1. The second kappa shape index (κ2) is 7.39. The summed E-state index contributed by atoms with van der Waals surface area (Å²) in [7, 11) is 0. The van der Waals surface area contributed by atoms with Gasteiger partial charge in [0.05, 0.1) is 5.69 Å². The van der Waals surface area contributed by atoms with Crippen molar-refractivity contribution in [3.63, 3.8) is 0 Å². The normalized spacial score (nSPS) is 12.0.